The van der Waals surface area contributed by atoms with Gasteiger partial charge < -0.3 is 9.47 Å². The van der Waals surface area contributed by atoms with Gasteiger partial charge in [0, 0.05) is 5.56 Å². The number of anilines is 1. The molecule has 1 aliphatic carbocycles. The van der Waals surface area contributed by atoms with E-state index in [1.807, 2.05) is 18.2 Å². The lowest BCUT2D eigenvalue weighted by atomic mass is 10.0. The maximum atomic E-state index is 11.8. The molecule has 1 N–H and O–H groups in total. The molecule has 1 aliphatic rings. The molecule has 0 bridgehead atoms. The quantitative estimate of drug-likeness (QED) is 0.536. The number of aryl methyl sites for hydroxylation is 2. The predicted octanol–water partition coefficient (Wildman–Crippen LogP) is 5.23. The monoisotopic (exact) mass is 369 g/mol. The molecule has 1 saturated carbocycles. The Balaban J connectivity index is 1.90. The van der Waals surface area contributed by atoms with Crippen molar-refractivity contribution in [2.75, 3.05) is 12.2 Å². The molecule has 1 fully saturated rings. The summed E-state index contributed by atoms with van der Waals surface area (Å²) in [5.41, 5.74) is 4.81. The summed E-state index contributed by atoms with van der Waals surface area (Å²) in [6.45, 7) is 4.53. The Morgan fingerprint density at radius 1 is 1.19 bits per heavy atom. The zero-order valence-electron chi connectivity index (χ0n) is 16.2. The number of hydrogen-bond donors (Lipinski definition) is 1. The second-order valence-corrected chi connectivity index (χ2v) is 6.84. The van der Waals surface area contributed by atoms with Crippen LogP contribution < -0.4 is 9.80 Å². The predicted molar refractivity (Wildman–Crippen MR) is 105 cm³/mol. The summed E-state index contributed by atoms with van der Waals surface area (Å²) >= 11 is 0. The van der Waals surface area contributed by atoms with Crippen LogP contribution in [0.5, 0.6) is 5.75 Å². The van der Waals surface area contributed by atoms with E-state index in [-0.39, 0.29) is 6.61 Å². The van der Waals surface area contributed by atoms with Crippen molar-refractivity contribution in [3.63, 3.8) is 0 Å². The minimum atomic E-state index is -0.814. The van der Waals surface area contributed by atoms with Crippen LogP contribution in [0, 0.1) is 0 Å². The molecule has 0 unspecified atom stereocenters. The van der Waals surface area contributed by atoms with Gasteiger partial charge in [0.15, 0.2) is 0 Å². The molecule has 0 atom stereocenters. The number of benzene rings is 2. The van der Waals surface area contributed by atoms with Gasteiger partial charge in [0.1, 0.15) is 12.4 Å². The summed E-state index contributed by atoms with van der Waals surface area (Å²) in [7, 11) is 1.25. The van der Waals surface area contributed by atoms with E-state index in [9.17, 15) is 10.0 Å². The van der Waals surface area contributed by atoms with Crippen molar-refractivity contribution in [1.29, 1.82) is 0 Å². The topological polar surface area (TPSA) is 59.0 Å². The van der Waals surface area contributed by atoms with Crippen LogP contribution >= 0.6 is 0 Å². The van der Waals surface area contributed by atoms with Crippen molar-refractivity contribution in [2.24, 2.45) is 0 Å². The third-order valence-corrected chi connectivity index (χ3v) is 5.07. The van der Waals surface area contributed by atoms with Crippen molar-refractivity contribution in [2.45, 2.75) is 52.1 Å². The molecule has 0 heterocycles. The molecule has 2 aromatic rings. The Labute approximate surface area is 160 Å². The Morgan fingerprint density at radius 3 is 2.59 bits per heavy atom. The highest BCUT2D eigenvalue weighted by Crippen LogP contribution is 2.44. The number of amides is 1. The van der Waals surface area contributed by atoms with Crippen molar-refractivity contribution in [3.8, 4) is 5.75 Å². The fourth-order valence-corrected chi connectivity index (χ4v) is 3.33. The number of ether oxygens (including phenoxy) is 2. The first-order valence-electron chi connectivity index (χ1n) is 9.52. The third-order valence-electron chi connectivity index (χ3n) is 5.07. The zero-order chi connectivity index (χ0) is 19.4. The van der Waals surface area contributed by atoms with E-state index in [4.69, 9.17) is 4.74 Å². The van der Waals surface area contributed by atoms with Crippen molar-refractivity contribution < 1.29 is 19.5 Å². The van der Waals surface area contributed by atoms with Gasteiger partial charge in [-0.25, -0.2) is 4.79 Å². The maximum absolute atomic E-state index is 11.8. The van der Waals surface area contributed by atoms with Gasteiger partial charge in [0.25, 0.3) is 0 Å². The summed E-state index contributed by atoms with van der Waals surface area (Å²) in [5.74, 6) is 1.30. The van der Waals surface area contributed by atoms with Gasteiger partial charge in [-0.05, 0) is 60.4 Å². The second kappa shape index (κ2) is 8.44. The third kappa shape index (κ3) is 4.25. The Kier molecular flexibility index (Phi) is 6.01. The molecule has 5 nitrogen and oxygen atoms in total. The number of carbonyl (C=O) groups is 1. The van der Waals surface area contributed by atoms with E-state index >= 15 is 0 Å². The number of hydroxylamine groups is 1. The van der Waals surface area contributed by atoms with Crippen molar-refractivity contribution in [3.05, 3.63) is 58.7 Å². The molecule has 3 rings (SSSR count). The highest BCUT2D eigenvalue weighted by atomic mass is 16.6. The first-order chi connectivity index (χ1) is 13.1. The van der Waals surface area contributed by atoms with Crippen LogP contribution in [0.15, 0.2) is 36.4 Å². The van der Waals surface area contributed by atoms with Crippen LogP contribution in [0.3, 0.4) is 0 Å². The van der Waals surface area contributed by atoms with Gasteiger partial charge in [-0.15, -0.1) is 0 Å². The van der Waals surface area contributed by atoms with Crippen LogP contribution in [0.25, 0.3) is 0 Å². The van der Waals surface area contributed by atoms with Crippen LogP contribution in [0.1, 0.15) is 54.9 Å². The van der Waals surface area contributed by atoms with Gasteiger partial charge in [0.05, 0.1) is 12.8 Å². The lowest BCUT2D eigenvalue weighted by molar-refractivity contribution is 0.140. The van der Waals surface area contributed by atoms with Gasteiger partial charge in [-0.3, -0.25) is 5.21 Å². The molecule has 0 aliphatic heterocycles. The number of nitrogens with zero attached hydrogens (tertiary/aromatic N) is 1. The van der Waals surface area contributed by atoms with E-state index in [0.29, 0.717) is 16.7 Å². The van der Waals surface area contributed by atoms with Gasteiger partial charge in [-0.1, -0.05) is 38.1 Å². The first kappa shape index (κ1) is 19.2. The smallest absolute Gasteiger partial charge is 0.438 e. The summed E-state index contributed by atoms with van der Waals surface area (Å²) in [6, 6.07) is 11.9. The molecule has 1 amide bonds. The molecule has 0 spiro atoms. The molecular formula is C22H27NO4. The molecule has 144 valence electrons. The fourth-order valence-electron chi connectivity index (χ4n) is 3.33. The zero-order valence-corrected chi connectivity index (χ0v) is 16.2. The Bertz CT molecular complexity index is 814. The van der Waals surface area contributed by atoms with E-state index in [1.54, 1.807) is 6.07 Å². The Morgan fingerprint density at radius 2 is 1.96 bits per heavy atom. The minimum absolute atomic E-state index is 0.286. The largest absolute Gasteiger partial charge is 0.489 e. The molecule has 2 aromatic carbocycles. The molecule has 5 heteroatoms. The highest BCUT2D eigenvalue weighted by molar-refractivity contribution is 5.86. The molecule has 27 heavy (non-hydrogen) atoms. The molecule has 0 saturated heterocycles. The fraction of sp³-hybridized carbons (Fsp3) is 0.409. The van der Waals surface area contributed by atoms with Gasteiger partial charge in [0.2, 0.25) is 0 Å². The van der Waals surface area contributed by atoms with Crippen LogP contribution in [0.2, 0.25) is 0 Å². The first-order valence-corrected chi connectivity index (χ1v) is 9.52. The van der Waals surface area contributed by atoms with E-state index < -0.39 is 6.09 Å². The summed E-state index contributed by atoms with van der Waals surface area (Å²) in [5, 5.41) is 10.8. The maximum Gasteiger partial charge on any atom is 0.438 e. The summed E-state index contributed by atoms with van der Waals surface area (Å²) in [6.07, 6.45) is 3.29. The lowest BCUT2D eigenvalue weighted by Crippen LogP contribution is -2.28. The van der Waals surface area contributed by atoms with Gasteiger partial charge >= 0.3 is 6.09 Å². The summed E-state index contributed by atoms with van der Waals surface area (Å²) in [4.78, 5) is 11.8. The minimum Gasteiger partial charge on any atom is -0.489 e. The summed E-state index contributed by atoms with van der Waals surface area (Å²) < 4.78 is 10.8. The van der Waals surface area contributed by atoms with Crippen molar-refractivity contribution >= 4 is 11.8 Å². The highest BCUT2D eigenvalue weighted by Gasteiger charge is 2.29. The number of hydrogen-bond acceptors (Lipinski definition) is 4. The Hall–Kier alpha value is -2.53. The van der Waals surface area contributed by atoms with Crippen LogP contribution in [-0.4, -0.2) is 18.4 Å². The average Bonchev–Trinajstić information content (AvgIpc) is 3.55. The second-order valence-electron chi connectivity index (χ2n) is 6.84. The molecule has 0 radical (unpaired) electrons. The van der Waals surface area contributed by atoms with E-state index in [0.717, 1.165) is 48.1 Å². The van der Waals surface area contributed by atoms with E-state index in [2.05, 4.69) is 30.7 Å². The molecule has 0 aromatic heterocycles. The average molecular weight is 369 g/mol. The SMILES string of the molecule is CCc1ccc(OCc2c(C3CC3)cccc2N(O)C(=O)OC)c(CC)c1. The van der Waals surface area contributed by atoms with E-state index in [1.165, 1.54) is 12.7 Å². The number of carbonyl (C=O) groups excluding carboxylic acids is 1. The van der Waals surface area contributed by atoms with Crippen LogP contribution in [-0.2, 0) is 24.2 Å². The molecular weight excluding hydrogens is 342 g/mol. The number of rotatable bonds is 7. The lowest BCUT2D eigenvalue weighted by Gasteiger charge is -2.21. The van der Waals surface area contributed by atoms with Gasteiger partial charge in [-0.2, -0.15) is 5.06 Å². The van der Waals surface area contributed by atoms with Crippen molar-refractivity contribution in [1.82, 2.24) is 0 Å². The normalized spacial score (nSPS) is 13.3. The standard InChI is InChI=1S/C22H27NO4/c1-4-15-9-12-21(16(5-2)13-15)27-14-19-18(17-10-11-17)7-6-8-20(19)23(25)22(24)26-3/h6-9,12-13,17,25H,4-5,10-11,14H2,1-3H3. The number of methoxy groups -OCH3 is 1. The van der Waals surface area contributed by atoms with Crippen LogP contribution in [0.4, 0.5) is 10.5 Å².